The molecule has 0 heterocycles. The highest BCUT2D eigenvalue weighted by Crippen LogP contribution is 2.38. The normalized spacial score (nSPS) is 16.7. The van der Waals surface area contributed by atoms with Crippen LogP contribution >= 0.6 is 0 Å². The van der Waals surface area contributed by atoms with E-state index in [9.17, 15) is 4.79 Å². The smallest absolute Gasteiger partial charge is 0.230 e. The van der Waals surface area contributed by atoms with Crippen molar-refractivity contribution >= 4 is 11.6 Å². The molecule has 0 unspecified atom stereocenters. The van der Waals surface area contributed by atoms with E-state index in [1.807, 2.05) is 24.3 Å². The fraction of sp³-hybridized carbons (Fsp3) is 0.611. The van der Waals surface area contributed by atoms with E-state index >= 15 is 0 Å². The largest absolute Gasteiger partial charge is 0.494 e. The molecule has 1 aromatic rings. The lowest BCUT2D eigenvalue weighted by molar-refractivity contribution is -0.124. The summed E-state index contributed by atoms with van der Waals surface area (Å²) in [5, 5.41) is 3.03. The molecule has 1 fully saturated rings. The Morgan fingerprint density at radius 2 is 1.86 bits per heavy atom. The van der Waals surface area contributed by atoms with E-state index in [0.29, 0.717) is 6.61 Å². The van der Waals surface area contributed by atoms with Crippen molar-refractivity contribution < 1.29 is 9.53 Å². The Kier molecular flexibility index (Phi) is 5.83. The summed E-state index contributed by atoms with van der Waals surface area (Å²) in [7, 11) is 4.12. The van der Waals surface area contributed by atoms with Crippen molar-refractivity contribution in [2.45, 2.75) is 39.0 Å². The molecule has 0 spiro atoms. The molecule has 4 heteroatoms. The van der Waals surface area contributed by atoms with Gasteiger partial charge in [0.2, 0.25) is 5.91 Å². The molecule has 22 heavy (non-hydrogen) atoms. The molecule has 1 amide bonds. The van der Waals surface area contributed by atoms with Crippen molar-refractivity contribution in [2.75, 3.05) is 32.6 Å². The molecule has 1 aliphatic rings. The van der Waals surface area contributed by atoms with Gasteiger partial charge in [-0.1, -0.05) is 19.8 Å². The summed E-state index contributed by atoms with van der Waals surface area (Å²) in [4.78, 5) is 14.5. The highest BCUT2D eigenvalue weighted by Gasteiger charge is 2.36. The third-order valence-corrected chi connectivity index (χ3v) is 4.39. The minimum atomic E-state index is -0.193. The second-order valence-corrected chi connectivity index (χ2v) is 6.75. The average molecular weight is 304 g/mol. The Morgan fingerprint density at radius 3 is 2.45 bits per heavy atom. The van der Waals surface area contributed by atoms with Gasteiger partial charge in [-0.15, -0.1) is 0 Å². The van der Waals surface area contributed by atoms with Crippen molar-refractivity contribution in [1.82, 2.24) is 4.90 Å². The van der Waals surface area contributed by atoms with E-state index < -0.39 is 0 Å². The Labute approximate surface area is 133 Å². The first kappa shape index (κ1) is 16.8. The molecule has 0 atom stereocenters. The molecule has 1 saturated carbocycles. The minimum absolute atomic E-state index is 0.143. The summed E-state index contributed by atoms with van der Waals surface area (Å²) < 4.78 is 5.70. The average Bonchev–Trinajstić information content (AvgIpc) is 2.93. The molecule has 0 aliphatic heterocycles. The molecule has 4 nitrogen and oxygen atoms in total. The van der Waals surface area contributed by atoms with Crippen molar-refractivity contribution in [3.05, 3.63) is 24.3 Å². The van der Waals surface area contributed by atoms with Crippen LogP contribution in [-0.2, 0) is 4.79 Å². The molecule has 0 saturated heterocycles. The Bertz CT molecular complexity index is 476. The van der Waals surface area contributed by atoms with Gasteiger partial charge >= 0.3 is 0 Å². The highest BCUT2D eigenvalue weighted by atomic mass is 16.5. The van der Waals surface area contributed by atoms with Crippen molar-refractivity contribution in [2.24, 2.45) is 5.41 Å². The lowest BCUT2D eigenvalue weighted by atomic mass is 9.88. The van der Waals surface area contributed by atoms with Gasteiger partial charge < -0.3 is 15.0 Å². The molecule has 1 aromatic carbocycles. The van der Waals surface area contributed by atoms with Gasteiger partial charge in [-0.25, -0.2) is 0 Å². The number of rotatable bonds is 7. The van der Waals surface area contributed by atoms with Crippen molar-refractivity contribution in [3.63, 3.8) is 0 Å². The van der Waals surface area contributed by atoms with Crippen LogP contribution in [-0.4, -0.2) is 38.1 Å². The first-order valence-electron chi connectivity index (χ1n) is 8.19. The summed E-state index contributed by atoms with van der Waals surface area (Å²) in [5.74, 6) is 0.994. The summed E-state index contributed by atoms with van der Waals surface area (Å²) in [6.07, 6.45) is 5.30. The van der Waals surface area contributed by atoms with Gasteiger partial charge in [0.25, 0.3) is 0 Å². The number of nitrogens with zero attached hydrogens (tertiary/aromatic N) is 1. The molecule has 1 N–H and O–H groups in total. The first-order valence-corrected chi connectivity index (χ1v) is 8.19. The molecular weight excluding hydrogens is 276 g/mol. The number of carbonyl (C=O) groups excluding carboxylic acids is 1. The fourth-order valence-corrected chi connectivity index (χ4v) is 2.87. The zero-order valence-electron chi connectivity index (χ0n) is 14.0. The number of hydrogen-bond acceptors (Lipinski definition) is 3. The van der Waals surface area contributed by atoms with Gasteiger partial charge in [0.1, 0.15) is 5.75 Å². The monoisotopic (exact) mass is 304 g/mol. The summed E-state index contributed by atoms with van der Waals surface area (Å²) >= 11 is 0. The third-order valence-electron chi connectivity index (χ3n) is 4.39. The molecule has 0 bridgehead atoms. The van der Waals surface area contributed by atoms with Gasteiger partial charge in [-0.05, 0) is 57.6 Å². The second-order valence-electron chi connectivity index (χ2n) is 6.75. The zero-order valence-corrected chi connectivity index (χ0v) is 14.0. The summed E-state index contributed by atoms with van der Waals surface area (Å²) in [5.41, 5.74) is 0.653. The Hall–Kier alpha value is -1.55. The third kappa shape index (κ3) is 4.73. The van der Waals surface area contributed by atoms with E-state index in [4.69, 9.17) is 4.74 Å². The predicted molar refractivity (Wildman–Crippen MR) is 90.3 cm³/mol. The lowest BCUT2D eigenvalue weighted by Crippen LogP contribution is -2.30. The van der Waals surface area contributed by atoms with Gasteiger partial charge in [-0.3, -0.25) is 4.79 Å². The van der Waals surface area contributed by atoms with Crippen LogP contribution in [0.2, 0.25) is 0 Å². The molecule has 1 aliphatic carbocycles. The van der Waals surface area contributed by atoms with Gasteiger partial charge in [-0.2, -0.15) is 0 Å². The number of nitrogens with one attached hydrogen (secondary N) is 1. The molecule has 2 rings (SSSR count). The first-order chi connectivity index (χ1) is 10.5. The topological polar surface area (TPSA) is 41.6 Å². The maximum atomic E-state index is 12.3. The number of ether oxygens (including phenoxy) is 1. The highest BCUT2D eigenvalue weighted by molar-refractivity contribution is 5.95. The van der Waals surface area contributed by atoms with Crippen LogP contribution in [0.1, 0.15) is 39.0 Å². The fourth-order valence-electron chi connectivity index (χ4n) is 2.87. The maximum absolute atomic E-state index is 12.3. The van der Waals surface area contributed by atoms with E-state index in [2.05, 4.69) is 31.2 Å². The number of benzene rings is 1. The van der Waals surface area contributed by atoms with Gasteiger partial charge in [0.15, 0.2) is 0 Å². The van der Waals surface area contributed by atoms with Gasteiger partial charge in [0, 0.05) is 17.6 Å². The van der Waals surface area contributed by atoms with Crippen LogP contribution < -0.4 is 10.1 Å². The molecule has 0 radical (unpaired) electrons. The van der Waals surface area contributed by atoms with Gasteiger partial charge in [0.05, 0.1) is 6.61 Å². The molecule has 0 aromatic heterocycles. The lowest BCUT2D eigenvalue weighted by Gasteiger charge is -2.22. The summed E-state index contributed by atoms with van der Waals surface area (Å²) in [6, 6.07) is 7.67. The second kappa shape index (κ2) is 7.63. The Balaban J connectivity index is 1.80. The van der Waals surface area contributed by atoms with E-state index in [-0.39, 0.29) is 11.3 Å². The van der Waals surface area contributed by atoms with E-state index in [0.717, 1.165) is 50.1 Å². The molecular formula is C18H28N2O2. The Morgan fingerprint density at radius 1 is 1.23 bits per heavy atom. The predicted octanol–water partition coefficient (Wildman–Crippen LogP) is 3.54. The quantitative estimate of drug-likeness (QED) is 0.783. The number of amides is 1. The number of carbonyl (C=O) groups is 1. The van der Waals surface area contributed by atoms with Crippen LogP contribution in [0.15, 0.2) is 24.3 Å². The van der Waals surface area contributed by atoms with Crippen molar-refractivity contribution in [1.29, 1.82) is 0 Å². The van der Waals surface area contributed by atoms with Crippen LogP contribution in [0.3, 0.4) is 0 Å². The van der Waals surface area contributed by atoms with Crippen LogP contribution in [0.4, 0.5) is 5.69 Å². The SMILES string of the molecule is CN(C)CCCOc1ccc(NC(=O)C2(C)CCCC2)cc1. The number of hydrogen-bond donors (Lipinski definition) is 1. The zero-order chi connectivity index (χ0) is 16.0. The summed E-state index contributed by atoms with van der Waals surface area (Å²) in [6.45, 7) is 3.80. The standard InChI is InChI=1S/C18H28N2O2/c1-18(11-4-5-12-18)17(21)19-15-7-9-16(10-8-15)22-14-6-13-20(2)3/h7-10H,4-6,11-14H2,1-3H3,(H,19,21). The minimum Gasteiger partial charge on any atom is -0.494 e. The van der Waals surface area contributed by atoms with Crippen molar-refractivity contribution in [3.8, 4) is 5.75 Å². The van der Waals surface area contributed by atoms with Crippen LogP contribution in [0.5, 0.6) is 5.75 Å². The van der Waals surface area contributed by atoms with E-state index in [1.54, 1.807) is 0 Å². The van der Waals surface area contributed by atoms with Crippen LogP contribution in [0.25, 0.3) is 0 Å². The molecule has 122 valence electrons. The number of anilines is 1. The van der Waals surface area contributed by atoms with E-state index in [1.165, 1.54) is 0 Å². The van der Waals surface area contributed by atoms with Crippen LogP contribution in [0, 0.1) is 5.41 Å². The maximum Gasteiger partial charge on any atom is 0.230 e.